The number of anilines is 1. The van der Waals surface area contributed by atoms with Gasteiger partial charge in [-0.3, -0.25) is 4.79 Å². The first-order valence-electron chi connectivity index (χ1n) is 6.34. The van der Waals surface area contributed by atoms with Crippen molar-refractivity contribution < 1.29 is 9.53 Å². The number of thioether (sulfide) groups is 1. The van der Waals surface area contributed by atoms with Crippen LogP contribution in [0.25, 0.3) is 0 Å². The minimum atomic E-state index is -0.160. The van der Waals surface area contributed by atoms with Crippen LogP contribution in [-0.2, 0) is 9.53 Å². The summed E-state index contributed by atoms with van der Waals surface area (Å²) >= 11 is 1.48. The zero-order valence-electron chi connectivity index (χ0n) is 11.7. The normalized spacial score (nSPS) is 12.2. The zero-order chi connectivity index (χ0) is 14.3. The number of carbonyl (C=O) groups is 1. The highest BCUT2D eigenvalue weighted by molar-refractivity contribution is 8.00. The van der Waals surface area contributed by atoms with Gasteiger partial charge in [0.05, 0.1) is 5.25 Å². The Labute approximate surface area is 119 Å². The number of ether oxygens (including phenoxy) is 1. The number of aryl methyl sites for hydroxylation is 1. The second kappa shape index (κ2) is 8.07. The molecule has 1 atom stereocenters. The van der Waals surface area contributed by atoms with Gasteiger partial charge in [0, 0.05) is 30.8 Å². The summed E-state index contributed by atoms with van der Waals surface area (Å²) in [5.74, 6) is 0.0288. The number of methoxy groups -OCH3 is 1. The highest BCUT2D eigenvalue weighted by Crippen LogP contribution is 2.29. The van der Waals surface area contributed by atoms with Gasteiger partial charge in [0.15, 0.2) is 0 Å². The van der Waals surface area contributed by atoms with Gasteiger partial charge in [-0.05, 0) is 38.0 Å². The first kappa shape index (κ1) is 15.9. The lowest BCUT2D eigenvalue weighted by Gasteiger charge is -2.13. The molecule has 0 fully saturated rings. The molecule has 1 rings (SSSR count). The van der Waals surface area contributed by atoms with E-state index in [1.807, 2.05) is 32.0 Å². The molecule has 1 aromatic carbocycles. The molecule has 1 aromatic rings. The number of hydrogen-bond acceptors (Lipinski definition) is 4. The molecular formula is C14H22N2O2S. The number of rotatable bonds is 7. The average molecular weight is 282 g/mol. The summed E-state index contributed by atoms with van der Waals surface area (Å²) in [5, 5.41) is 2.73. The van der Waals surface area contributed by atoms with Crippen molar-refractivity contribution in [3.63, 3.8) is 0 Å². The molecule has 0 aromatic heterocycles. The van der Waals surface area contributed by atoms with Crippen molar-refractivity contribution in [2.45, 2.75) is 30.4 Å². The molecule has 19 heavy (non-hydrogen) atoms. The van der Waals surface area contributed by atoms with Gasteiger partial charge in [0.1, 0.15) is 0 Å². The Morgan fingerprint density at radius 2 is 2.26 bits per heavy atom. The van der Waals surface area contributed by atoms with E-state index in [4.69, 9.17) is 10.5 Å². The Balaban J connectivity index is 2.45. The van der Waals surface area contributed by atoms with E-state index in [0.717, 1.165) is 22.6 Å². The smallest absolute Gasteiger partial charge is 0.233 e. The zero-order valence-corrected chi connectivity index (χ0v) is 12.5. The topological polar surface area (TPSA) is 64.3 Å². The quantitative estimate of drug-likeness (QED) is 0.457. The van der Waals surface area contributed by atoms with Crippen molar-refractivity contribution in [2.75, 3.05) is 26.0 Å². The summed E-state index contributed by atoms with van der Waals surface area (Å²) in [4.78, 5) is 12.8. The van der Waals surface area contributed by atoms with E-state index in [1.165, 1.54) is 11.8 Å². The van der Waals surface area contributed by atoms with Crippen molar-refractivity contribution in [1.82, 2.24) is 5.32 Å². The van der Waals surface area contributed by atoms with E-state index in [1.54, 1.807) is 7.11 Å². The Morgan fingerprint density at radius 3 is 2.89 bits per heavy atom. The summed E-state index contributed by atoms with van der Waals surface area (Å²) < 4.78 is 4.93. The van der Waals surface area contributed by atoms with Crippen molar-refractivity contribution >= 4 is 23.4 Å². The molecule has 0 saturated carbocycles. The minimum absolute atomic E-state index is 0.0288. The Hall–Kier alpha value is -1.20. The fraction of sp³-hybridized carbons (Fsp3) is 0.500. The van der Waals surface area contributed by atoms with Gasteiger partial charge >= 0.3 is 0 Å². The third-order valence-electron chi connectivity index (χ3n) is 2.66. The molecule has 4 nitrogen and oxygen atoms in total. The van der Waals surface area contributed by atoms with Gasteiger partial charge in [-0.1, -0.05) is 6.07 Å². The van der Waals surface area contributed by atoms with Crippen LogP contribution in [0.2, 0.25) is 0 Å². The predicted molar refractivity (Wildman–Crippen MR) is 80.4 cm³/mol. The number of nitrogens with one attached hydrogen (secondary N) is 1. The maximum Gasteiger partial charge on any atom is 0.233 e. The molecule has 1 amide bonds. The number of nitrogen functional groups attached to an aromatic ring is 1. The number of amides is 1. The molecule has 0 aliphatic rings. The van der Waals surface area contributed by atoms with Gasteiger partial charge in [0.2, 0.25) is 5.91 Å². The molecule has 0 radical (unpaired) electrons. The third-order valence-corrected chi connectivity index (χ3v) is 3.86. The largest absolute Gasteiger partial charge is 0.398 e. The second-order valence-electron chi connectivity index (χ2n) is 4.44. The van der Waals surface area contributed by atoms with E-state index in [0.29, 0.717) is 13.2 Å². The van der Waals surface area contributed by atoms with Crippen LogP contribution >= 0.6 is 11.8 Å². The van der Waals surface area contributed by atoms with E-state index in [2.05, 4.69) is 5.32 Å². The van der Waals surface area contributed by atoms with Gasteiger partial charge in [-0.2, -0.15) is 0 Å². The van der Waals surface area contributed by atoms with Crippen LogP contribution in [0, 0.1) is 6.92 Å². The summed E-state index contributed by atoms with van der Waals surface area (Å²) in [6, 6.07) is 5.89. The molecule has 0 heterocycles. The van der Waals surface area contributed by atoms with Gasteiger partial charge < -0.3 is 15.8 Å². The van der Waals surface area contributed by atoms with Gasteiger partial charge in [-0.15, -0.1) is 11.8 Å². The minimum Gasteiger partial charge on any atom is -0.398 e. The number of nitrogens with two attached hydrogens (primary N) is 1. The molecule has 0 aliphatic carbocycles. The third kappa shape index (κ3) is 5.53. The van der Waals surface area contributed by atoms with Crippen LogP contribution in [0.3, 0.4) is 0 Å². The van der Waals surface area contributed by atoms with E-state index >= 15 is 0 Å². The fourth-order valence-corrected chi connectivity index (χ4v) is 2.50. The maximum atomic E-state index is 11.9. The van der Waals surface area contributed by atoms with Crippen LogP contribution in [0.15, 0.2) is 23.1 Å². The van der Waals surface area contributed by atoms with Gasteiger partial charge in [-0.25, -0.2) is 0 Å². The van der Waals surface area contributed by atoms with Crippen LogP contribution in [0.4, 0.5) is 5.69 Å². The van der Waals surface area contributed by atoms with E-state index < -0.39 is 0 Å². The average Bonchev–Trinajstić information content (AvgIpc) is 2.37. The predicted octanol–water partition coefficient (Wildman–Crippen LogP) is 2.21. The van der Waals surface area contributed by atoms with E-state index in [9.17, 15) is 4.79 Å². The summed E-state index contributed by atoms with van der Waals surface area (Å²) in [6.07, 6.45) is 0.826. The molecular weight excluding hydrogens is 260 g/mol. The maximum absolute atomic E-state index is 11.9. The van der Waals surface area contributed by atoms with Crippen LogP contribution in [-0.4, -0.2) is 31.4 Å². The summed E-state index contributed by atoms with van der Waals surface area (Å²) in [6.45, 7) is 5.18. The summed E-state index contributed by atoms with van der Waals surface area (Å²) in [5.41, 5.74) is 7.79. The number of hydrogen-bond donors (Lipinski definition) is 2. The van der Waals surface area contributed by atoms with Gasteiger partial charge in [0.25, 0.3) is 0 Å². The first-order valence-corrected chi connectivity index (χ1v) is 7.22. The van der Waals surface area contributed by atoms with Crippen LogP contribution in [0.5, 0.6) is 0 Å². The Morgan fingerprint density at radius 1 is 1.53 bits per heavy atom. The van der Waals surface area contributed by atoms with Crippen molar-refractivity contribution in [3.8, 4) is 0 Å². The summed E-state index contributed by atoms with van der Waals surface area (Å²) in [7, 11) is 1.65. The standard InChI is InChI=1S/C14H22N2O2S/c1-10-5-6-13(12(15)9-10)19-11(2)14(17)16-7-4-8-18-3/h5-6,9,11H,4,7-8,15H2,1-3H3,(H,16,17). The molecule has 106 valence electrons. The van der Waals surface area contributed by atoms with Crippen molar-refractivity contribution in [2.24, 2.45) is 0 Å². The monoisotopic (exact) mass is 282 g/mol. The lowest BCUT2D eigenvalue weighted by Crippen LogP contribution is -2.32. The van der Waals surface area contributed by atoms with Crippen LogP contribution in [0.1, 0.15) is 18.9 Å². The Kier molecular flexibility index (Phi) is 6.73. The molecule has 0 spiro atoms. The molecule has 5 heteroatoms. The van der Waals surface area contributed by atoms with Crippen molar-refractivity contribution in [3.05, 3.63) is 23.8 Å². The van der Waals surface area contributed by atoms with E-state index in [-0.39, 0.29) is 11.2 Å². The molecule has 1 unspecified atom stereocenters. The number of carbonyl (C=O) groups excluding carboxylic acids is 1. The lowest BCUT2D eigenvalue weighted by molar-refractivity contribution is -0.120. The Bertz CT molecular complexity index is 424. The van der Waals surface area contributed by atoms with Crippen LogP contribution < -0.4 is 11.1 Å². The second-order valence-corrected chi connectivity index (χ2v) is 5.82. The molecule has 0 bridgehead atoms. The SMILES string of the molecule is COCCCNC(=O)C(C)Sc1ccc(C)cc1N. The van der Waals surface area contributed by atoms with Crippen molar-refractivity contribution in [1.29, 1.82) is 0 Å². The highest BCUT2D eigenvalue weighted by Gasteiger charge is 2.15. The fourth-order valence-electron chi connectivity index (χ4n) is 1.59. The number of benzene rings is 1. The molecule has 3 N–H and O–H groups in total. The molecule has 0 aliphatic heterocycles. The first-order chi connectivity index (χ1) is 9.04. The lowest BCUT2D eigenvalue weighted by atomic mass is 10.2. The highest BCUT2D eigenvalue weighted by atomic mass is 32.2. The molecule has 0 saturated heterocycles.